The molecule has 66 valence electrons. The Bertz CT molecular complexity index is 408. The first-order chi connectivity index (χ1) is 6.25. The number of hydrogen-bond acceptors (Lipinski definition) is 4. The number of nitrogens with zero attached hydrogens (tertiary/aromatic N) is 1. The monoisotopic (exact) mass is 192 g/mol. The lowest BCUT2D eigenvalue weighted by Crippen LogP contribution is -1.83. The predicted octanol–water partition coefficient (Wildman–Crippen LogP) is 2.10. The van der Waals surface area contributed by atoms with Crippen LogP contribution in [0.5, 0.6) is 5.75 Å². The Morgan fingerprint density at radius 2 is 1.92 bits per heavy atom. The normalized spacial score (nSPS) is 10.2. The van der Waals surface area contributed by atoms with Crippen molar-refractivity contribution in [2.75, 3.05) is 5.73 Å². The summed E-state index contributed by atoms with van der Waals surface area (Å²) in [4.78, 5) is 4.13. The van der Waals surface area contributed by atoms with Crippen LogP contribution in [0.4, 0.5) is 5.82 Å². The molecule has 1 heterocycles. The van der Waals surface area contributed by atoms with Crippen LogP contribution >= 0.6 is 11.3 Å². The Hall–Kier alpha value is -1.55. The second-order valence-corrected chi connectivity index (χ2v) is 3.48. The quantitative estimate of drug-likeness (QED) is 0.727. The molecular formula is C9H8N2OS. The molecule has 0 amide bonds. The zero-order chi connectivity index (χ0) is 9.26. The van der Waals surface area contributed by atoms with Crippen LogP contribution in [-0.4, -0.2) is 10.1 Å². The number of aromatic nitrogens is 1. The Morgan fingerprint density at radius 3 is 2.46 bits per heavy atom. The van der Waals surface area contributed by atoms with Gasteiger partial charge >= 0.3 is 0 Å². The first-order valence-corrected chi connectivity index (χ1v) is 4.64. The molecule has 0 atom stereocenters. The van der Waals surface area contributed by atoms with Gasteiger partial charge in [-0.25, -0.2) is 4.98 Å². The number of hydrogen-bond donors (Lipinski definition) is 2. The molecule has 0 aliphatic heterocycles. The van der Waals surface area contributed by atoms with Gasteiger partial charge in [0.15, 0.2) is 0 Å². The minimum absolute atomic E-state index is 0.258. The van der Waals surface area contributed by atoms with Gasteiger partial charge in [-0.15, -0.1) is 11.3 Å². The van der Waals surface area contributed by atoms with E-state index >= 15 is 0 Å². The number of nitrogen functional groups attached to an aromatic ring is 1. The maximum Gasteiger partial charge on any atom is 0.135 e. The van der Waals surface area contributed by atoms with Crippen molar-refractivity contribution in [1.29, 1.82) is 0 Å². The number of phenols is 1. The van der Waals surface area contributed by atoms with Gasteiger partial charge in [-0.05, 0) is 24.3 Å². The van der Waals surface area contributed by atoms with Crippen LogP contribution in [0.2, 0.25) is 0 Å². The molecule has 3 nitrogen and oxygen atoms in total. The number of phenolic OH excluding ortho intramolecular Hbond substituents is 1. The van der Waals surface area contributed by atoms with Crippen LogP contribution in [0.25, 0.3) is 10.6 Å². The third-order valence-electron chi connectivity index (χ3n) is 1.64. The fraction of sp³-hybridized carbons (Fsp3) is 0. The molecule has 0 fully saturated rings. The summed E-state index contributed by atoms with van der Waals surface area (Å²) in [6, 6.07) is 6.89. The molecule has 0 aliphatic carbocycles. The van der Waals surface area contributed by atoms with E-state index in [1.807, 2.05) is 12.1 Å². The number of nitrogens with two attached hydrogens (primary N) is 1. The van der Waals surface area contributed by atoms with Gasteiger partial charge in [-0.3, -0.25) is 0 Å². The van der Waals surface area contributed by atoms with Crippen LogP contribution in [0, 0.1) is 0 Å². The predicted molar refractivity (Wildman–Crippen MR) is 53.6 cm³/mol. The fourth-order valence-corrected chi connectivity index (χ4v) is 1.74. The van der Waals surface area contributed by atoms with Crippen molar-refractivity contribution >= 4 is 17.2 Å². The molecule has 1 aromatic heterocycles. The van der Waals surface area contributed by atoms with Gasteiger partial charge in [0.2, 0.25) is 0 Å². The van der Waals surface area contributed by atoms with E-state index in [0.29, 0.717) is 5.82 Å². The second-order valence-electron chi connectivity index (χ2n) is 2.62. The maximum absolute atomic E-state index is 9.07. The number of aromatic hydroxyl groups is 1. The van der Waals surface area contributed by atoms with E-state index in [1.54, 1.807) is 17.5 Å². The standard InChI is InChI=1S/C9H8N2OS/c10-8-5-13-9(11-8)6-1-3-7(12)4-2-6/h1-5,12H,10H2. The Kier molecular flexibility index (Phi) is 1.90. The molecule has 0 unspecified atom stereocenters. The lowest BCUT2D eigenvalue weighted by molar-refractivity contribution is 0.475. The summed E-state index contributed by atoms with van der Waals surface area (Å²) >= 11 is 1.49. The zero-order valence-corrected chi connectivity index (χ0v) is 7.58. The van der Waals surface area contributed by atoms with Crippen LogP contribution in [-0.2, 0) is 0 Å². The van der Waals surface area contributed by atoms with Crippen molar-refractivity contribution in [3.05, 3.63) is 29.6 Å². The molecule has 4 heteroatoms. The lowest BCUT2D eigenvalue weighted by atomic mass is 10.2. The van der Waals surface area contributed by atoms with Crippen LogP contribution in [0.3, 0.4) is 0 Å². The summed E-state index contributed by atoms with van der Waals surface area (Å²) in [5.41, 5.74) is 6.47. The van der Waals surface area contributed by atoms with E-state index in [1.165, 1.54) is 11.3 Å². The summed E-state index contributed by atoms with van der Waals surface area (Å²) in [6.07, 6.45) is 0. The van der Waals surface area contributed by atoms with Crippen LogP contribution < -0.4 is 5.73 Å². The molecule has 3 N–H and O–H groups in total. The summed E-state index contributed by atoms with van der Waals surface area (Å²) in [7, 11) is 0. The topological polar surface area (TPSA) is 59.1 Å². The highest BCUT2D eigenvalue weighted by Gasteiger charge is 2.01. The van der Waals surface area contributed by atoms with E-state index in [-0.39, 0.29) is 5.75 Å². The highest BCUT2D eigenvalue weighted by atomic mass is 32.1. The van der Waals surface area contributed by atoms with Gasteiger partial charge in [0.25, 0.3) is 0 Å². The van der Waals surface area contributed by atoms with Crippen LogP contribution in [0.15, 0.2) is 29.6 Å². The SMILES string of the molecule is Nc1csc(-c2ccc(O)cc2)n1. The van der Waals surface area contributed by atoms with Gasteiger partial charge in [0.05, 0.1) is 0 Å². The molecule has 0 saturated carbocycles. The molecule has 2 aromatic rings. The van der Waals surface area contributed by atoms with Crippen molar-refractivity contribution < 1.29 is 5.11 Å². The zero-order valence-electron chi connectivity index (χ0n) is 6.77. The third-order valence-corrected chi connectivity index (χ3v) is 2.55. The van der Waals surface area contributed by atoms with Gasteiger partial charge in [0.1, 0.15) is 16.6 Å². The molecular weight excluding hydrogens is 184 g/mol. The molecule has 0 saturated heterocycles. The smallest absolute Gasteiger partial charge is 0.135 e. The maximum atomic E-state index is 9.07. The molecule has 0 radical (unpaired) electrons. The van der Waals surface area contributed by atoms with Crippen molar-refractivity contribution in [3.8, 4) is 16.3 Å². The van der Waals surface area contributed by atoms with Gasteiger partial charge in [-0.2, -0.15) is 0 Å². The van der Waals surface area contributed by atoms with E-state index in [4.69, 9.17) is 10.8 Å². The van der Waals surface area contributed by atoms with E-state index in [0.717, 1.165) is 10.6 Å². The molecule has 2 rings (SSSR count). The average molecular weight is 192 g/mol. The number of anilines is 1. The Labute approximate surface area is 79.5 Å². The van der Waals surface area contributed by atoms with Crippen molar-refractivity contribution in [1.82, 2.24) is 4.98 Å². The molecule has 1 aromatic carbocycles. The number of thiazole rings is 1. The second kappa shape index (κ2) is 3.06. The average Bonchev–Trinajstić information content (AvgIpc) is 2.53. The summed E-state index contributed by atoms with van der Waals surface area (Å²) in [5, 5.41) is 11.7. The molecule has 0 aliphatic rings. The Morgan fingerprint density at radius 1 is 1.23 bits per heavy atom. The van der Waals surface area contributed by atoms with Gasteiger partial charge in [0, 0.05) is 10.9 Å². The van der Waals surface area contributed by atoms with E-state index in [2.05, 4.69) is 4.98 Å². The highest BCUT2D eigenvalue weighted by Crippen LogP contribution is 2.25. The van der Waals surface area contributed by atoms with Gasteiger partial charge in [-0.1, -0.05) is 0 Å². The summed E-state index contributed by atoms with van der Waals surface area (Å²) < 4.78 is 0. The fourth-order valence-electron chi connectivity index (χ4n) is 1.02. The summed E-state index contributed by atoms with van der Waals surface area (Å²) in [6.45, 7) is 0. The van der Waals surface area contributed by atoms with Crippen LogP contribution in [0.1, 0.15) is 0 Å². The Balaban J connectivity index is 2.41. The third kappa shape index (κ3) is 1.62. The number of rotatable bonds is 1. The molecule has 0 bridgehead atoms. The van der Waals surface area contributed by atoms with E-state index < -0.39 is 0 Å². The molecule has 13 heavy (non-hydrogen) atoms. The van der Waals surface area contributed by atoms with E-state index in [9.17, 15) is 0 Å². The minimum Gasteiger partial charge on any atom is -0.508 e. The first kappa shape index (κ1) is 8.07. The molecule has 0 spiro atoms. The largest absolute Gasteiger partial charge is 0.508 e. The highest BCUT2D eigenvalue weighted by molar-refractivity contribution is 7.13. The van der Waals surface area contributed by atoms with Crippen molar-refractivity contribution in [2.45, 2.75) is 0 Å². The summed E-state index contributed by atoms with van der Waals surface area (Å²) in [5.74, 6) is 0.793. The van der Waals surface area contributed by atoms with Crippen molar-refractivity contribution in [2.24, 2.45) is 0 Å². The van der Waals surface area contributed by atoms with Gasteiger partial charge < -0.3 is 10.8 Å². The minimum atomic E-state index is 0.258. The lowest BCUT2D eigenvalue weighted by Gasteiger charge is -1.95. The first-order valence-electron chi connectivity index (χ1n) is 3.76. The van der Waals surface area contributed by atoms with Crippen molar-refractivity contribution in [3.63, 3.8) is 0 Å². The number of benzene rings is 1.